The fourth-order valence-electron chi connectivity index (χ4n) is 4.33. The maximum absolute atomic E-state index is 5.21. The van der Waals surface area contributed by atoms with Crippen molar-refractivity contribution in [3.8, 4) is 0 Å². The van der Waals surface area contributed by atoms with Gasteiger partial charge in [0.1, 0.15) is 12.2 Å². The third-order valence-electron chi connectivity index (χ3n) is 6.15. The molecule has 2 heterocycles. The molecule has 0 spiro atoms. The van der Waals surface area contributed by atoms with E-state index in [-0.39, 0.29) is 24.0 Å². The first-order valence-corrected chi connectivity index (χ1v) is 11.9. The van der Waals surface area contributed by atoms with Crippen molar-refractivity contribution in [3.05, 3.63) is 60.2 Å². The van der Waals surface area contributed by atoms with Crippen LogP contribution >= 0.6 is 24.0 Å². The first-order chi connectivity index (χ1) is 16.3. The Kier molecular flexibility index (Phi) is 10.5. The van der Waals surface area contributed by atoms with E-state index in [1.807, 2.05) is 0 Å². The fourth-order valence-corrected chi connectivity index (χ4v) is 4.33. The van der Waals surface area contributed by atoms with Crippen LogP contribution in [0.15, 0.2) is 53.8 Å². The monoisotopic (exact) mass is 577 g/mol. The molecule has 0 radical (unpaired) electrons. The van der Waals surface area contributed by atoms with E-state index in [1.165, 1.54) is 16.3 Å². The molecule has 0 saturated carbocycles. The average molecular weight is 578 g/mol. The van der Waals surface area contributed by atoms with E-state index >= 15 is 0 Å². The maximum atomic E-state index is 5.21. The number of nitrogens with one attached hydrogen (secondary N) is 1. The van der Waals surface area contributed by atoms with Crippen LogP contribution in [-0.4, -0.2) is 83.5 Å². The first-order valence-electron chi connectivity index (χ1n) is 11.9. The molecule has 0 atom stereocenters. The van der Waals surface area contributed by atoms with Crippen molar-refractivity contribution in [2.45, 2.75) is 26.4 Å². The number of aryl methyl sites for hydroxylation is 1. The normalized spacial score (nSPS) is 14.9. The van der Waals surface area contributed by atoms with Crippen molar-refractivity contribution in [1.29, 1.82) is 0 Å². The van der Waals surface area contributed by atoms with Gasteiger partial charge in [-0.15, -0.1) is 34.2 Å². The summed E-state index contributed by atoms with van der Waals surface area (Å²) < 4.78 is 7.31. The highest BCUT2D eigenvalue weighted by Gasteiger charge is 2.20. The summed E-state index contributed by atoms with van der Waals surface area (Å²) in [5, 5.41) is 14.4. The van der Waals surface area contributed by atoms with Gasteiger partial charge in [-0.1, -0.05) is 49.4 Å². The predicted molar refractivity (Wildman–Crippen MR) is 148 cm³/mol. The standard InChI is InChI=1S/C25H35N7O.HI/c1-3-24-29-28-20-32(24)13-11-26-25(27-12-18-33-2)31-16-14-30(15-17-31)19-22-9-6-8-21-7-4-5-10-23(21)22;/h4-10,20H,3,11-19H2,1-2H3,(H,26,27);1H. The Hall–Kier alpha value is -2.24. The second-order valence-electron chi connectivity index (χ2n) is 8.32. The topological polar surface area (TPSA) is 70.8 Å². The minimum Gasteiger partial charge on any atom is -0.383 e. The number of halogens is 1. The van der Waals surface area contributed by atoms with Gasteiger partial charge < -0.3 is 19.5 Å². The number of aliphatic imine (C=N–C) groups is 1. The molecule has 184 valence electrons. The largest absolute Gasteiger partial charge is 0.383 e. The third kappa shape index (κ3) is 6.89. The van der Waals surface area contributed by atoms with Crippen LogP contribution < -0.4 is 5.32 Å². The molecule has 0 aliphatic carbocycles. The van der Waals surface area contributed by atoms with Gasteiger partial charge in [0, 0.05) is 59.3 Å². The zero-order valence-electron chi connectivity index (χ0n) is 20.2. The molecule has 4 rings (SSSR count). The lowest BCUT2D eigenvalue weighted by Crippen LogP contribution is -2.52. The van der Waals surface area contributed by atoms with Crippen LogP contribution in [0.1, 0.15) is 18.3 Å². The van der Waals surface area contributed by atoms with E-state index in [9.17, 15) is 0 Å². The molecule has 1 aliphatic rings. The molecule has 0 bridgehead atoms. The molecule has 34 heavy (non-hydrogen) atoms. The average Bonchev–Trinajstić information content (AvgIpc) is 3.31. The van der Waals surface area contributed by atoms with Gasteiger partial charge in [-0.2, -0.15) is 0 Å². The number of guanidine groups is 1. The summed E-state index contributed by atoms with van der Waals surface area (Å²) in [6.45, 7) is 9.90. The van der Waals surface area contributed by atoms with Gasteiger partial charge in [0.25, 0.3) is 0 Å². The molecule has 1 saturated heterocycles. The van der Waals surface area contributed by atoms with Crippen molar-refractivity contribution in [2.75, 3.05) is 53.0 Å². The predicted octanol–water partition coefficient (Wildman–Crippen LogP) is 3.02. The van der Waals surface area contributed by atoms with Crippen molar-refractivity contribution in [3.63, 3.8) is 0 Å². The molecular formula is C25H36IN7O. The molecule has 1 aromatic heterocycles. The third-order valence-corrected chi connectivity index (χ3v) is 6.15. The smallest absolute Gasteiger partial charge is 0.194 e. The summed E-state index contributed by atoms with van der Waals surface area (Å²) in [6.07, 6.45) is 2.68. The van der Waals surface area contributed by atoms with Crippen molar-refractivity contribution >= 4 is 40.7 Å². The van der Waals surface area contributed by atoms with Crippen LogP contribution in [0.5, 0.6) is 0 Å². The van der Waals surface area contributed by atoms with E-state index < -0.39 is 0 Å². The number of piperazine rings is 1. The molecule has 1 aliphatic heterocycles. The highest BCUT2D eigenvalue weighted by Crippen LogP contribution is 2.20. The Bertz CT molecular complexity index is 1040. The Morgan fingerprint density at radius 2 is 1.88 bits per heavy atom. The molecule has 3 aromatic rings. The van der Waals surface area contributed by atoms with Gasteiger partial charge in [-0.05, 0) is 16.3 Å². The van der Waals surface area contributed by atoms with Gasteiger partial charge in [-0.3, -0.25) is 9.89 Å². The second kappa shape index (κ2) is 13.6. The van der Waals surface area contributed by atoms with E-state index in [1.54, 1.807) is 13.4 Å². The number of rotatable bonds is 9. The molecule has 1 fully saturated rings. The van der Waals surface area contributed by atoms with Crippen LogP contribution in [0, 0.1) is 0 Å². The number of methoxy groups -OCH3 is 1. The summed E-state index contributed by atoms with van der Waals surface area (Å²) in [6, 6.07) is 15.3. The van der Waals surface area contributed by atoms with Crippen LogP contribution in [-0.2, 0) is 24.2 Å². The second-order valence-corrected chi connectivity index (χ2v) is 8.32. The Morgan fingerprint density at radius 1 is 1.09 bits per heavy atom. The quantitative estimate of drug-likeness (QED) is 0.183. The van der Waals surface area contributed by atoms with Gasteiger partial charge in [-0.25, -0.2) is 0 Å². The van der Waals surface area contributed by atoms with Crippen molar-refractivity contribution in [1.82, 2.24) is 29.9 Å². The van der Waals surface area contributed by atoms with E-state index in [0.717, 1.165) is 64.0 Å². The Morgan fingerprint density at radius 3 is 2.68 bits per heavy atom. The lowest BCUT2D eigenvalue weighted by atomic mass is 10.0. The SMILES string of the molecule is CCc1nncn1CCNC(=NCCOC)N1CCN(Cc2cccc3ccccc23)CC1.I. The number of hydrogen-bond acceptors (Lipinski definition) is 5. The summed E-state index contributed by atoms with van der Waals surface area (Å²) in [4.78, 5) is 9.70. The number of fused-ring (bicyclic) bond motifs is 1. The van der Waals surface area contributed by atoms with Gasteiger partial charge in [0.05, 0.1) is 13.2 Å². The van der Waals surface area contributed by atoms with Crippen LogP contribution in [0.25, 0.3) is 10.8 Å². The van der Waals surface area contributed by atoms with Gasteiger partial charge in [0.15, 0.2) is 5.96 Å². The van der Waals surface area contributed by atoms with Gasteiger partial charge >= 0.3 is 0 Å². The summed E-state index contributed by atoms with van der Waals surface area (Å²) in [5.74, 6) is 1.97. The number of nitrogens with zero attached hydrogens (tertiary/aromatic N) is 6. The van der Waals surface area contributed by atoms with Crippen LogP contribution in [0.3, 0.4) is 0 Å². The zero-order chi connectivity index (χ0) is 22.9. The maximum Gasteiger partial charge on any atom is 0.194 e. The van der Waals surface area contributed by atoms with E-state index in [4.69, 9.17) is 9.73 Å². The summed E-state index contributed by atoms with van der Waals surface area (Å²) in [7, 11) is 1.72. The number of hydrogen-bond donors (Lipinski definition) is 1. The van der Waals surface area contributed by atoms with E-state index in [2.05, 4.69) is 79.3 Å². The number of ether oxygens (including phenoxy) is 1. The minimum atomic E-state index is 0. The van der Waals surface area contributed by atoms with Gasteiger partial charge in [0.2, 0.25) is 0 Å². The van der Waals surface area contributed by atoms with Crippen molar-refractivity contribution < 1.29 is 4.74 Å². The van der Waals surface area contributed by atoms with Crippen LogP contribution in [0.2, 0.25) is 0 Å². The molecule has 9 heteroatoms. The Balaban J connectivity index is 0.00000324. The summed E-state index contributed by atoms with van der Waals surface area (Å²) >= 11 is 0. The summed E-state index contributed by atoms with van der Waals surface area (Å²) in [5.41, 5.74) is 1.40. The minimum absolute atomic E-state index is 0. The zero-order valence-corrected chi connectivity index (χ0v) is 22.5. The fraction of sp³-hybridized carbons (Fsp3) is 0.480. The van der Waals surface area contributed by atoms with E-state index in [0.29, 0.717) is 13.2 Å². The molecule has 0 unspecified atom stereocenters. The molecule has 2 aromatic carbocycles. The molecule has 8 nitrogen and oxygen atoms in total. The number of aromatic nitrogens is 3. The van der Waals surface area contributed by atoms with Crippen molar-refractivity contribution in [2.24, 2.45) is 4.99 Å². The van der Waals surface area contributed by atoms with Crippen LogP contribution in [0.4, 0.5) is 0 Å². The molecule has 1 N–H and O–H groups in total. The highest BCUT2D eigenvalue weighted by atomic mass is 127. The number of benzene rings is 2. The lowest BCUT2D eigenvalue weighted by Gasteiger charge is -2.36. The Labute approximate surface area is 219 Å². The molecule has 0 amide bonds. The highest BCUT2D eigenvalue weighted by molar-refractivity contribution is 14.0. The first kappa shape index (κ1) is 26.4. The molecular weight excluding hydrogens is 541 g/mol. The lowest BCUT2D eigenvalue weighted by molar-refractivity contribution is 0.172.